The summed E-state index contributed by atoms with van der Waals surface area (Å²) >= 11 is 1.41. The summed E-state index contributed by atoms with van der Waals surface area (Å²) in [6.07, 6.45) is 0. The van der Waals surface area contributed by atoms with Crippen LogP contribution in [0, 0.1) is 0 Å². The Kier molecular flexibility index (Phi) is 5.92. The summed E-state index contributed by atoms with van der Waals surface area (Å²) in [5, 5.41) is 13.4. The Labute approximate surface area is 213 Å². The first kappa shape index (κ1) is 23.8. The van der Waals surface area contributed by atoms with Crippen molar-refractivity contribution in [2.75, 3.05) is 11.5 Å². The van der Waals surface area contributed by atoms with E-state index in [0.717, 1.165) is 21.7 Å². The third kappa shape index (κ3) is 3.97. The lowest BCUT2D eigenvalue weighted by atomic mass is 9.84. The molecule has 1 unspecified atom stereocenters. The number of carbonyl (C=O) groups excluding carboxylic acids is 2. The number of hydrogen-bond donors (Lipinski definition) is 2. The smallest absolute Gasteiger partial charge is 0.302 e. The lowest BCUT2D eigenvalue weighted by Crippen LogP contribution is -2.30. The van der Waals surface area contributed by atoms with E-state index >= 15 is 0 Å². The van der Waals surface area contributed by atoms with Gasteiger partial charge in [0.05, 0.1) is 23.2 Å². The van der Waals surface area contributed by atoms with Crippen LogP contribution in [0.4, 0.5) is 5.95 Å². The van der Waals surface area contributed by atoms with Gasteiger partial charge in [-0.15, -0.1) is 11.3 Å². The van der Waals surface area contributed by atoms with E-state index in [2.05, 4.69) is 30.7 Å². The fourth-order valence-corrected chi connectivity index (χ4v) is 5.34. The summed E-state index contributed by atoms with van der Waals surface area (Å²) in [7, 11) is 0. The van der Waals surface area contributed by atoms with Gasteiger partial charge < -0.3 is 14.8 Å². The second-order valence-electron chi connectivity index (χ2n) is 9.66. The van der Waals surface area contributed by atoms with E-state index in [1.807, 2.05) is 54.8 Å². The molecule has 36 heavy (non-hydrogen) atoms. The summed E-state index contributed by atoms with van der Waals surface area (Å²) in [5.41, 5.74) is 2.54. The van der Waals surface area contributed by atoms with Crippen LogP contribution in [0.5, 0.6) is 5.75 Å². The number of nitrogens with one attached hydrogen (secondary N) is 1. The number of para-hydroxylation sites is 2. The van der Waals surface area contributed by atoms with Gasteiger partial charge in [0.1, 0.15) is 17.6 Å². The molecular weight excluding hydrogens is 474 g/mol. The Morgan fingerprint density at radius 3 is 2.58 bits per heavy atom. The number of rotatable bonds is 5. The van der Waals surface area contributed by atoms with Crippen LogP contribution in [0.3, 0.4) is 0 Å². The highest BCUT2D eigenvalue weighted by Crippen LogP contribution is 2.44. The highest BCUT2D eigenvalue weighted by Gasteiger charge is 2.48. The predicted molar refractivity (Wildman–Crippen MR) is 142 cm³/mol. The van der Waals surface area contributed by atoms with Crippen LogP contribution in [-0.4, -0.2) is 33.4 Å². The molecule has 184 valence electrons. The number of aromatic nitrogens is 2. The summed E-state index contributed by atoms with van der Waals surface area (Å²) in [6.45, 7) is 8.60. The maximum Gasteiger partial charge on any atom is 0.302 e. The second-order valence-corrected chi connectivity index (χ2v) is 10.6. The van der Waals surface area contributed by atoms with Crippen molar-refractivity contribution < 1.29 is 19.4 Å². The van der Waals surface area contributed by atoms with Gasteiger partial charge in [0.15, 0.2) is 0 Å². The zero-order valence-corrected chi connectivity index (χ0v) is 21.3. The number of amides is 1. The number of carbonyl (C=O) groups is 2. The Morgan fingerprint density at radius 2 is 1.92 bits per heavy atom. The molecule has 0 aliphatic carbocycles. The van der Waals surface area contributed by atoms with Crippen molar-refractivity contribution in [3.8, 4) is 5.75 Å². The van der Waals surface area contributed by atoms with Crippen LogP contribution < -0.4 is 9.64 Å². The number of aromatic amines is 1. The van der Waals surface area contributed by atoms with Crippen LogP contribution in [0.2, 0.25) is 0 Å². The molecule has 0 saturated carbocycles. The molecule has 3 heterocycles. The molecular formula is C28H27N3O4S. The number of ether oxygens (including phenoxy) is 1. The van der Waals surface area contributed by atoms with Gasteiger partial charge in [-0.25, -0.2) is 4.98 Å². The first-order valence-electron chi connectivity index (χ1n) is 11.8. The zero-order valence-electron chi connectivity index (χ0n) is 20.5. The van der Waals surface area contributed by atoms with Gasteiger partial charge in [-0.2, -0.15) is 0 Å². The van der Waals surface area contributed by atoms with Crippen LogP contribution in [0.25, 0.3) is 16.8 Å². The molecule has 1 atom stereocenters. The maximum atomic E-state index is 13.4. The average Bonchev–Trinajstić information content (AvgIpc) is 3.57. The van der Waals surface area contributed by atoms with Crippen molar-refractivity contribution in [3.05, 3.63) is 81.6 Å². The Hall–Kier alpha value is -3.91. The summed E-state index contributed by atoms with van der Waals surface area (Å²) < 4.78 is 5.81. The standard InChI is InChI=1S/C28H27N3O4S/c1-5-35-20-13-12-16(15-17(20)28(2,3)4)24(32)22-23(21-11-8-14-36-21)31(26(34)25(22)33)27-29-18-9-6-7-10-19(18)30-27/h6-15,23,32H,5H2,1-4H3,(H,29,30)/b24-22+. The molecule has 5 rings (SSSR count). The van der Waals surface area contributed by atoms with Crippen molar-refractivity contribution in [2.45, 2.75) is 39.2 Å². The van der Waals surface area contributed by atoms with Gasteiger partial charge in [0, 0.05) is 16.0 Å². The Bertz CT molecular complexity index is 1460. The lowest BCUT2D eigenvalue weighted by molar-refractivity contribution is -0.132. The molecule has 8 heteroatoms. The van der Waals surface area contributed by atoms with E-state index in [1.165, 1.54) is 16.2 Å². The van der Waals surface area contributed by atoms with Crippen LogP contribution >= 0.6 is 11.3 Å². The number of thiophene rings is 1. The molecule has 1 fully saturated rings. The molecule has 7 nitrogen and oxygen atoms in total. The Balaban J connectivity index is 1.69. The first-order chi connectivity index (χ1) is 17.2. The van der Waals surface area contributed by atoms with E-state index in [-0.39, 0.29) is 22.7 Å². The topological polar surface area (TPSA) is 95.5 Å². The van der Waals surface area contributed by atoms with Crippen LogP contribution in [0.1, 0.15) is 49.7 Å². The molecule has 2 aromatic carbocycles. The Morgan fingerprint density at radius 1 is 1.14 bits per heavy atom. The van der Waals surface area contributed by atoms with E-state index < -0.39 is 17.7 Å². The zero-order chi connectivity index (χ0) is 25.6. The number of Topliss-reactive ketones (excluding diaryl/α,β-unsaturated/α-hetero) is 1. The summed E-state index contributed by atoms with van der Waals surface area (Å²) in [5.74, 6) is -0.732. The highest BCUT2D eigenvalue weighted by atomic mass is 32.1. The number of nitrogens with zero attached hydrogens (tertiary/aromatic N) is 2. The van der Waals surface area contributed by atoms with Crippen molar-refractivity contribution in [1.82, 2.24) is 9.97 Å². The minimum absolute atomic E-state index is 0.0342. The number of imidazole rings is 1. The van der Waals surface area contributed by atoms with E-state index in [4.69, 9.17) is 4.74 Å². The molecule has 0 bridgehead atoms. The monoisotopic (exact) mass is 501 g/mol. The minimum atomic E-state index is -0.810. The fourth-order valence-electron chi connectivity index (χ4n) is 4.52. The van der Waals surface area contributed by atoms with E-state index in [0.29, 0.717) is 17.7 Å². The van der Waals surface area contributed by atoms with Crippen LogP contribution in [-0.2, 0) is 15.0 Å². The maximum absolute atomic E-state index is 13.4. The number of benzene rings is 2. The normalized spacial score (nSPS) is 17.8. The molecule has 1 amide bonds. The van der Waals surface area contributed by atoms with Gasteiger partial charge in [-0.3, -0.25) is 14.5 Å². The van der Waals surface area contributed by atoms with Crippen LogP contribution in [0.15, 0.2) is 65.6 Å². The second kappa shape index (κ2) is 8.95. The van der Waals surface area contributed by atoms with Gasteiger partial charge in [0.2, 0.25) is 5.95 Å². The summed E-state index contributed by atoms with van der Waals surface area (Å²) in [4.78, 5) is 36.6. The molecule has 2 N–H and O–H groups in total. The number of H-pyrrole nitrogens is 1. The van der Waals surface area contributed by atoms with Gasteiger partial charge in [0.25, 0.3) is 5.78 Å². The third-order valence-corrected chi connectivity index (χ3v) is 7.15. The minimum Gasteiger partial charge on any atom is -0.507 e. The molecule has 2 aromatic heterocycles. The third-order valence-electron chi connectivity index (χ3n) is 6.22. The van der Waals surface area contributed by atoms with Crippen molar-refractivity contribution >= 4 is 45.8 Å². The number of ketones is 1. The van der Waals surface area contributed by atoms with Crippen molar-refractivity contribution in [3.63, 3.8) is 0 Å². The van der Waals surface area contributed by atoms with Crippen molar-refractivity contribution in [1.29, 1.82) is 0 Å². The molecule has 1 aliphatic heterocycles. The SMILES string of the molecule is CCOc1ccc(/C(O)=C2\C(=O)C(=O)N(c3nc4ccccc4[nH]3)C2c2cccs2)cc1C(C)(C)C. The number of hydrogen-bond acceptors (Lipinski definition) is 6. The average molecular weight is 502 g/mol. The van der Waals surface area contributed by atoms with Crippen molar-refractivity contribution in [2.24, 2.45) is 0 Å². The molecule has 0 radical (unpaired) electrons. The molecule has 1 saturated heterocycles. The predicted octanol–water partition coefficient (Wildman–Crippen LogP) is 5.95. The highest BCUT2D eigenvalue weighted by molar-refractivity contribution is 7.10. The molecule has 4 aromatic rings. The number of aliphatic hydroxyl groups excluding tert-OH is 1. The first-order valence-corrected chi connectivity index (χ1v) is 12.7. The lowest BCUT2D eigenvalue weighted by Gasteiger charge is -2.24. The number of aliphatic hydroxyl groups is 1. The fraction of sp³-hybridized carbons (Fsp3) is 0.250. The number of fused-ring (bicyclic) bond motifs is 1. The molecule has 0 spiro atoms. The quantitative estimate of drug-likeness (QED) is 0.200. The van der Waals surface area contributed by atoms with Gasteiger partial charge in [-0.1, -0.05) is 39.0 Å². The van der Waals surface area contributed by atoms with Gasteiger partial charge in [-0.05, 0) is 54.1 Å². The van der Waals surface area contributed by atoms with E-state index in [1.54, 1.807) is 12.1 Å². The largest absolute Gasteiger partial charge is 0.507 e. The number of anilines is 1. The van der Waals surface area contributed by atoms with Gasteiger partial charge >= 0.3 is 5.91 Å². The van der Waals surface area contributed by atoms with E-state index in [9.17, 15) is 14.7 Å². The summed E-state index contributed by atoms with van der Waals surface area (Å²) in [6, 6.07) is 15.7. The molecule has 1 aliphatic rings.